The molecule has 1 saturated heterocycles. The number of carbonyl (C=O) groups is 1. The third-order valence-electron chi connectivity index (χ3n) is 2.69. The van der Waals surface area contributed by atoms with Gasteiger partial charge in [-0.1, -0.05) is 11.6 Å². The summed E-state index contributed by atoms with van der Waals surface area (Å²) in [6.45, 7) is 0.108. The molecule has 1 fully saturated rings. The van der Waals surface area contributed by atoms with Crippen molar-refractivity contribution in [2.24, 2.45) is 0 Å². The predicted molar refractivity (Wildman–Crippen MR) is 65.5 cm³/mol. The van der Waals surface area contributed by atoms with E-state index in [4.69, 9.17) is 17.3 Å². The Morgan fingerprint density at radius 2 is 2.22 bits per heavy atom. The monoisotopic (exact) mass is 271 g/mol. The largest absolute Gasteiger partial charge is 0.397 e. The summed E-state index contributed by atoms with van der Waals surface area (Å²) in [7, 11) is 0. The molecule has 7 nitrogen and oxygen atoms in total. The van der Waals surface area contributed by atoms with Crippen LogP contribution in [0.3, 0.4) is 0 Å². The van der Waals surface area contributed by atoms with Crippen molar-refractivity contribution in [3.63, 3.8) is 0 Å². The van der Waals surface area contributed by atoms with E-state index in [0.717, 1.165) is 6.07 Å². The predicted octanol–water partition coefficient (Wildman–Crippen LogP) is 0.928. The number of anilines is 2. The molecule has 1 atom stereocenters. The zero-order valence-electron chi connectivity index (χ0n) is 9.17. The molecule has 18 heavy (non-hydrogen) atoms. The molecule has 0 spiro atoms. The van der Waals surface area contributed by atoms with Crippen LogP contribution in [-0.2, 0) is 4.79 Å². The van der Waals surface area contributed by atoms with Gasteiger partial charge < -0.3 is 15.7 Å². The third kappa shape index (κ3) is 2.09. The number of aliphatic hydroxyl groups is 1. The molecule has 1 aliphatic heterocycles. The maximum Gasteiger partial charge on any atom is 0.290 e. The Kier molecular flexibility index (Phi) is 3.10. The van der Waals surface area contributed by atoms with Gasteiger partial charge in [-0.25, -0.2) is 0 Å². The van der Waals surface area contributed by atoms with Gasteiger partial charge in [-0.2, -0.15) is 0 Å². The van der Waals surface area contributed by atoms with Crippen molar-refractivity contribution in [3.05, 3.63) is 27.3 Å². The maximum atomic E-state index is 11.6. The lowest BCUT2D eigenvalue weighted by atomic mass is 10.2. The summed E-state index contributed by atoms with van der Waals surface area (Å²) < 4.78 is 0. The van der Waals surface area contributed by atoms with E-state index in [-0.39, 0.29) is 41.0 Å². The smallest absolute Gasteiger partial charge is 0.290 e. The molecule has 1 unspecified atom stereocenters. The minimum atomic E-state index is -0.758. The highest BCUT2D eigenvalue weighted by molar-refractivity contribution is 6.33. The van der Waals surface area contributed by atoms with Crippen LogP contribution in [0.15, 0.2) is 12.1 Å². The van der Waals surface area contributed by atoms with E-state index in [2.05, 4.69) is 0 Å². The molecule has 0 bridgehead atoms. The Morgan fingerprint density at radius 3 is 2.72 bits per heavy atom. The number of halogens is 1. The van der Waals surface area contributed by atoms with Crippen LogP contribution in [0.25, 0.3) is 0 Å². The average Bonchev–Trinajstić information content (AvgIpc) is 2.60. The quantitative estimate of drug-likeness (QED) is 0.472. The number of nitro benzene ring substituents is 1. The van der Waals surface area contributed by atoms with Gasteiger partial charge in [-0.05, 0) is 6.07 Å². The van der Waals surface area contributed by atoms with Crippen molar-refractivity contribution in [2.45, 2.75) is 12.5 Å². The summed E-state index contributed by atoms with van der Waals surface area (Å²) in [6.07, 6.45) is -0.750. The van der Waals surface area contributed by atoms with Gasteiger partial charge >= 0.3 is 0 Å². The van der Waals surface area contributed by atoms with Gasteiger partial charge in [0, 0.05) is 6.07 Å². The van der Waals surface area contributed by atoms with Crippen LogP contribution < -0.4 is 10.6 Å². The fourth-order valence-electron chi connectivity index (χ4n) is 1.86. The third-order valence-corrected chi connectivity index (χ3v) is 2.99. The Hall–Kier alpha value is -1.86. The maximum absolute atomic E-state index is 11.6. The van der Waals surface area contributed by atoms with E-state index in [1.54, 1.807) is 0 Å². The molecule has 2 rings (SSSR count). The molecule has 3 N–H and O–H groups in total. The van der Waals surface area contributed by atoms with E-state index in [1.165, 1.54) is 11.0 Å². The molecule has 1 amide bonds. The van der Waals surface area contributed by atoms with E-state index >= 15 is 0 Å². The SMILES string of the molecule is Nc1cc([N+](=O)[O-])c(Cl)cc1N1CC(O)CC1=O. The minimum Gasteiger partial charge on any atom is -0.397 e. The lowest BCUT2D eigenvalue weighted by Gasteiger charge is -2.18. The molecule has 96 valence electrons. The number of nitrogens with two attached hydrogens (primary N) is 1. The molecule has 1 aliphatic rings. The Balaban J connectivity index is 2.44. The first-order chi connectivity index (χ1) is 8.40. The van der Waals surface area contributed by atoms with Crippen LogP contribution in [0.5, 0.6) is 0 Å². The molecule has 1 aromatic rings. The van der Waals surface area contributed by atoms with E-state index in [9.17, 15) is 20.0 Å². The lowest BCUT2D eigenvalue weighted by molar-refractivity contribution is -0.384. The van der Waals surface area contributed by atoms with Gasteiger partial charge in [-0.3, -0.25) is 14.9 Å². The molecular formula is C10H10ClN3O4. The van der Waals surface area contributed by atoms with E-state index in [0.29, 0.717) is 0 Å². The first-order valence-electron chi connectivity index (χ1n) is 5.12. The van der Waals surface area contributed by atoms with Crippen molar-refractivity contribution in [1.82, 2.24) is 0 Å². The van der Waals surface area contributed by atoms with Crippen LogP contribution in [0, 0.1) is 10.1 Å². The Labute approximate surface area is 107 Å². The summed E-state index contributed by atoms with van der Waals surface area (Å²) in [5, 5.41) is 20.0. The van der Waals surface area contributed by atoms with Crippen molar-refractivity contribution < 1.29 is 14.8 Å². The van der Waals surface area contributed by atoms with Gasteiger partial charge in [0.05, 0.1) is 35.4 Å². The highest BCUT2D eigenvalue weighted by Gasteiger charge is 2.31. The molecule has 0 aliphatic carbocycles. The standard InChI is InChI=1S/C10H10ClN3O4/c11-6-2-9(7(12)3-8(6)14(17)18)13-4-5(15)1-10(13)16/h2-3,5,15H,1,4,12H2. The molecule has 0 saturated carbocycles. The number of rotatable bonds is 2. The number of amides is 1. The highest BCUT2D eigenvalue weighted by Crippen LogP contribution is 2.36. The normalized spacial score (nSPS) is 19.3. The number of nitrogen functional groups attached to an aromatic ring is 1. The summed E-state index contributed by atoms with van der Waals surface area (Å²) in [5.41, 5.74) is 5.72. The molecule has 0 radical (unpaired) electrons. The van der Waals surface area contributed by atoms with Crippen molar-refractivity contribution in [1.29, 1.82) is 0 Å². The summed E-state index contributed by atoms with van der Waals surface area (Å²) >= 11 is 5.76. The highest BCUT2D eigenvalue weighted by atomic mass is 35.5. The average molecular weight is 272 g/mol. The number of carbonyl (C=O) groups excluding carboxylic acids is 1. The van der Waals surface area contributed by atoms with Crippen LogP contribution in [0.2, 0.25) is 5.02 Å². The number of nitrogens with zero attached hydrogens (tertiary/aromatic N) is 2. The van der Waals surface area contributed by atoms with E-state index < -0.39 is 11.0 Å². The van der Waals surface area contributed by atoms with Crippen LogP contribution in [-0.4, -0.2) is 28.6 Å². The summed E-state index contributed by atoms with van der Waals surface area (Å²) in [4.78, 5) is 22.9. The Bertz CT molecular complexity index is 534. The fourth-order valence-corrected chi connectivity index (χ4v) is 2.09. The second-order valence-corrected chi connectivity index (χ2v) is 4.39. The van der Waals surface area contributed by atoms with E-state index in [1.807, 2.05) is 0 Å². The number of hydrogen-bond donors (Lipinski definition) is 2. The zero-order valence-corrected chi connectivity index (χ0v) is 9.92. The molecule has 1 heterocycles. The lowest BCUT2D eigenvalue weighted by Crippen LogP contribution is -2.26. The van der Waals surface area contributed by atoms with Crippen LogP contribution >= 0.6 is 11.6 Å². The Morgan fingerprint density at radius 1 is 1.56 bits per heavy atom. The van der Waals surface area contributed by atoms with Gasteiger partial charge in [0.15, 0.2) is 0 Å². The van der Waals surface area contributed by atoms with Crippen LogP contribution in [0.4, 0.5) is 17.1 Å². The molecule has 8 heteroatoms. The molecule has 0 aromatic heterocycles. The van der Waals surface area contributed by atoms with Gasteiger partial charge in [0.25, 0.3) is 5.69 Å². The molecule has 1 aromatic carbocycles. The number of hydrogen-bond acceptors (Lipinski definition) is 5. The number of β-amino-alcohol motifs (C(OH)–C–C–N with tert-alkyl or cyclic N) is 1. The van der Waals surface area contributed by atoms with Crippen molar-refractivity contribution in [2.75, 3.05) is 17.2 Å². The number of nitro groups is 1. The first-order valence-corrected chi connectivity index (χ1v) is 5.49. The minimum absolute atomic E-state index is 0.00798. The van der Waals surface area contributed by atoms with Crippen LogP contribution in [0.1, 0.15) is 6.42 Å². The zero-order chi connectivity index (χ0) is 13.4. The second kappa shape index (κ2) is 4.43. The summed E-state index contributed by atoms with van der Waals surface area (Å²) in [6, 6.07) is 2.38. The molecular weight excluding hydrogens is 262 g/mol. The number of benzene rings is 1. The van der Waals surface area contributed by atoms with Gasteiger partial charge in [-0.15, -0.1) is 0 Å². The fraction of sp³-hybridized carbons (Fsp3) is 0.300. The van der Waals surface area contributed by atoms with Gasteiger partial charge in [0.1, 0.15) is 5.02 Å². The topological polar surface area (TPSA) is 110 Å². The van der Waals surface area contributed by atoms with Crippen molar-refractivity contribution in [3.8, 4) is 0 Å². The number of aliphatic hydroxyl groups excluding tert-OH is 1. The second-order valence-electron chi connectivity index (χ2n) is 3.98. The van der Waals surface area contributed by atoms with Crippen molar-refractivity contribution >= 4 is 34.6 Å². The first kappa shape index (κ1) is 12.6. The van der Waals surface area contributed by atoms with Gasteiger partial charge in [0.2, 0.25) is 5.91 Å². The summed E-state index contributed by atoms with van der Waals surface area (Å²) in [5.74, 6) is -0.292.